The summed E-state index contributed by atoms with van der Waals surface area (Å²) in [5, 5.41) is 22.3. The van der Waals surface area contributed by atoms with E-state index in [2.05, 4.69) is 32.2 Å². The number of hydrogen-bond acceptors (Lipinski definition) is 6. The summed E-state index contributed by atoms with van der Waals surface area (Å²) >= 11 is 0. The SMILES string of the molecule is N#CC(C#N)=C(NCCCN1CCCCC1)N1CCC(CN2CCCCC2)CC1. The Morgan fingerprint density at radius 3 is 1.97 bits per heavy atom. The van der Waals surface area contributed by atoms with E-state index in [1.807, 2.05) is 0 Å². The predicted molar refractivity (Wildman–Crippen MR) is 116 cm³/mol. The van der Waals surface area contributed by atoms with Crippen LogP contribution in [0.3, 0.4) is 0 Å². The maximum Gasteiger partial charge on any atom is 0.169 e. The quantitative estimate of drug-likeness (QED) is 0.501. The molecule has 0 bridgehead atoms. The van der Waals surface area contributed by atoms with Gasteiger partial charge in [-0.2, -0.15) is 10.5 Å². The number of nitrogens with one attached hydrogen (secondary N) is 1. The Bertz CT molecular complexity index is 580. The standard InChI is InChI=1S/C23H38N6/c24-18-22(19-25)23(26-10-7-15-27-11-3-1-4-12-27)29-16-8-21(9-17-29)20-28-13-5-2-6-14-28/h21,26H,1-17,20H2. The molecular weight excluding hydrogens is 360 g/mol. The minimum Gasteiger partial charge on any atom is -0.370 e. The van der Waals surface area contributed by atoms with Gasteiger partial charge in [0.05, 0.1) is 0 Å². The van der Waals surface area contributed by atoms with E-state index in [9.17, 15) is 10.5 Å². The third-order valence-electron chi connectivity index (χ3n) is 6.75. The molecule has 0 spiro atoms. The number of allylic oxidation sites excluding steroid dienone is 1. The minimum atomic E-state index is 0.234. The van der Waals surface area contributed by atoms with Gasteiger partial charge in [0.25, 0.3) is 0 Å². The van der Waals surface area contributed by atoms with Gasteiger partial charge in [0.2, 0.25) is 0 Å². The van der Waals surface area contributed by atoms with Crippen molar-refractivity contribution in [3.63, 3.8) is 0 Å². The van der Waals surface area contributed by atoms with Crippen molar-refractivity contribution in [1.82, 2.24) is 20.0 Å². The summed E-state index contributed by atoms with van der Waals surface area (Å²) < 4.78 is 0. The molecule has 6 heteroatoms. The molecule has 0 amide bonds. The van der Waals surface area contributed by atoms with Crippen LogP contribution in [0.2, 0.25) is 0 Å². The van der Waals surface area contributed by atoms with Crippen molar-refractivity contribution in [2.75, 3.05) is 58.9 Å². The van der Waals surface area contributed by atoms with Crippen molar-refractivity contribution in [2.45, 2.75) is 57.8 Å². The summed E-state index contributed by atoms with van der Waals surface area (Å²) in [7, 11) is 0. The lowest BCUT2D eigenvalue weighted by Crippen LogP contribution is -2.43. The molecule has 3 rings (SSSR count). The van der Waals surface area contributed by atoms with Crippen LogP contribution in [0.1, 0.15) is 57.8 Å². The third kappa shape index (κ3) is 6.91. The van der Waals surface area contributed by atoms with Crippen LogP contribution < -0.4 is 5.32 Å². The molecule has 6 nitrogen and oxygen atoms in total. The second-order valence-electron chi connectivity index (χ2n) is 8.92. The molecule has 0 radical (unpaired) electrons. The highest BCUT2D eigenvalue weighted by Crippen LogP contribution is 2.23. The highest BCUT2D eigenvalue weighted by atomic mass is 15.2. The van der Waals surface area contributed by atoms with Crippen molar-refractivity contribution in [1.29, 1.82) is 10.5 Å². The Labute approximate surface area is 177 Å². The Morgan fingerprint density at radius 2 is 1.38 bits per heavy atom. The van der Waals surface area contributed by atoms with Gasteiger partial charge < -0.3 is 20.0 Å². The fourth-order valence-corrected chi connectivity index (χ4v) is 5.03. The van der Waals surface area contributed by atoms with Crippen LogP contribution in [-0.2, 0) is 0 Å². The zero-order chi connectivity index (χ0) is 20.3. The highest BCUT2D eigenvalue weighted by molar-refractivity contribution is 5.39. The first-order valence-corrected chi connectivity index (χ1v) is 11.8. The molecule has 0 aromatic rings. The molecule has 3 aliphatic rings. The largest absolute Gasteiger partial charge is 0.370 e. The first kappa shape index (κ1) is 21.9. The van der Waals surface area contributed by atoms with Crippen LogP contribution in [0.15, 0.2) is 11.4 Å². The van der Waals surface area contributed by atoms with Gasteiger partial charge in [-0.1, -0.05) is 12.8 Å². The van der Waals surface area contributed by atoms with Crippen LogP contribution in [0.25, 0.3) is 0 Å². The lowest BCUT2D eigenvalue weighted by Gasteiger charge is -2.38. The van der Waals surface area contributed by atoms with Gasteiger partial charge in [-0.3, -0.25) is 0 Å². The maximum absolute atomic E-state index is 9.44. The molecular formula is C23H38N6. The number of piperidine rings is 3. The van der Waals surface area contributed by atoms with E-state index in [4.69, 9.17) is 0 Å². The van der Waals surface area contributed by atoms with Gasteiger partial charge in [-0.05, 0) is 83.6 Å². The van der Waals surface area contributed by atoms with Gasteiger partial charge >= 0.3 is 0 Å². The number of hydrogen-bond donors (Lipinski definition) is 1. The lowest BCUT2D eigenvalue weighted by molar-refractivity contribution is 0.143. The summed E-state index contributed by atoms with van der Waals surface area (Å²) in [5.41, 5.74) is 0.234. The van der Waals surface area contributed by atoms with E-state index in [-0.39, 0.29) is 5.57 Å². The van der Waals surface area contributed by atoms with Crippen molar-refractivity contribution >= 4 is 0 Å². The summed E-state index contributed by atoms with van der Waals surface area (Å²) in [6, 6.07) is 4.22. The molecule has 0 saturated carbocycles. The van der Waals surface area contributed by atoms with Crippen LogP contribution in [0.5, 0.6) is 0 Å². The van der Waals surface area contributed by atoms with E-state index >= 15 is 0 Å². The summed E-state index contributed by atoms with van der Waals surface area (Å²) in [4.78, 5) is 7.42. The van der Waals surface area contributed by atoms with E-state index in [0.717, 1.165) is 57.2 Å². The Balaban J connectivity index is 1.45. The molecule has 1 N–H and O–H groups in total. The third-order valence-corrected chi connectivity index (χ3v) is 6.75. The zero-order valence-electron chi connectivity index (χ0n) is 18.0. The molecule has 0 aromatic carbocycles. The first-order chi connectivity index (χ1) is 14.3. The van der Waals surface area contributed by atoms with Crippen molar-refractivity contribution in [2.24, 2.45) is 5.92 Å². The topological polar surface area (TPSA) is 69.3 Å². The van der Waals surface area contributed by atoms with E-state index in [1.54, 1.807) is 0 Å². The van der Waals surface area contributed by atoms with Gasteiger partial charge in [0, 0.05) is 26.2 Å². The van der Waals surface area contributed by atoms with E-state index in [0.29, 0.717) is 0 Å². The van der Waals surface area contributed by atoms with Crippen LogP contribution in [-0.4, -0.2) is 73.6 Å². The molecule has 3 aliphatic heterocycles. The highest BCUT2D eigenvalue weighted by Gasteiger charge is 2.25. The molecule has 0 unspecified atom stereocenters. The van der Waals surface area contributed by atoms with Crippen molar-refractivity contribution < 1.29 is 0 Å². The molecule has 0 aliphatic carbocycles. The molecule has 29 heavy (non-hydrogen) atoms. The number of likely N-dealkylation sites (tertiary alicyclic amines) is 3. The van der Waals surface area contributed by atoms with Gasteiger partial charge in [-0.25, -0.2) is 0 Å². The summed E-state index contributed by atoms with van der Waals surface area (Å²) in [6.07, 6.45) is 11.4. The number of nitrogens with zero attached hydrogens (tertiary/aromatic N) is 5. The Kier molecular flexibility index (Phi) is 9.12. The normalized spacial score (nSPS) is 21.9. The molecule has 0 aromatic heterocycles. The first-order valence-electron chi connectivity index (χ1n) is 11.8. The Hall–Kier alpha value is -1.76. The van der Waals surface area contributed by atoms with Gasteiger partial charge in [0.15, 0.2) is 5.57 Å². The van der Waals surface area contributed by atoms with Crippen molar-refractivity contribution in [3.05, 3.63) is 11.4 Å². The van der Waals surface area contributed by atoms with Gasteiger partial charge in [0.1, 0.15) is 18.0 Å². The second kappa shape index (κ2) is 12.1. The minimum absolute atomic E-state index is 0.234. The molecule has 3 heterocycles. The predicted octanol–water partition coefficient (Wildman–Crippen LogP) is 2.91. The number of nitriles is 2. The van der Waals surface area contributed by atoms with Gasteiger partial charge in [-0.15, -0.1) is 0 Å². The van der Waals surface area contributed by atoms with E-state index in [1.165, 1.54) is 71.2 Å². The zero-order valence-corrected chi connectivity index (χ0v) is 18.0. The lowest BCUT2D eigenvalue weighted by atomic mass is 9.95. The molecule has 3 fully saturated rings. The summed E-state index contributed by atoms with van der Waals surface area (Å²) in [5.74, 6) is 1.52. The maximum atomic E-state index is 9.44. The van der Waals surface area contributed by atoms with Crippen molar-refractivity contribution in [3.8, 4) is 12.1 Å². The fraction of sp³-hybridized carbons (Fsp3) is 0.826. The number of rotatable bonds is 8. The van der Waals surface area contributed by atoms with E-state index < -0.39 is 0 Å². The summed E-state index contributed by atoms with van der Waals surface area (Å²) in [6.45, 7) is 10.00. The molecule has 3 saturated heterocycles. The van der Waals surface area contributed by atoms with Crippen LogP contribution in [0.4, 0.5) is 0 Å². The van der Waals surface area contributed by atoms with Crippen LogP contribution >= 0.6 is 0 Å². The molecule has 160 valence electrons. The Morgan fingerprint density at radius 1 is 0.793 bits per heavy atom. The van der Waals surface area contributed by atoms with Crippen LogP contribution in [0, 0.1) is 28.6 Å². The molecule has 0 atom stereocenters. The monoisotopic (exact) mass is 398 g/mol. The average molecular weight is 399 g/mol. The second-order valence-corrected chi connectivity index (χ2v) is 8.92. The fourth-order valence-electron chi connectivity index (χ4n) is 5.03. The average Bonchev–Trinajstić information content (AvgIpc) is 2.78. The smallest absolute Gasteiger partial charge is 0.169 e.